The zero-order valence-corrected chi connectivity index (χ0v) is 12.4. The van der Waals surface area contributed by atoms with E-state index < -0.39 is 0 Å². The van der Waals surface area contributed by atoms with Crippen LogP contribution < -0.4 is 0 Å². The largest absolute Gasteiger partial charge is 0.457 e. The van der Waals surface area contributed by atoms with Crippen LogP contribution in [0.3, 0.4) is 0 Å². The Bertz CT molecular complexity index is 825. The minimum Gasteiger partial charge on any atom is -0.457 e. The Morgan fingerprint density at radius 3 is 2.68 bits per heavy atom. The first kappa shape index (κ1) is 13.4. The van der Waals surface area contributed by atoms with Crippen molar-refractivity contribution < 1.29 is 13.9 Å². The summed E-state index contributed by atoms with van der Waals surface area (Å²) in [6.07, 6.45) is 5.51. The molecule has 112 valence electrons. The van der Waals surface area contributed by atoms with Gasteiger partial charge in [0.25, 0.3) is 0 Å². The van der Waals surface area contributed by atoms with E-state index in [1.807, 2.05) is 36.4 Å². The topological polar surface area (TPSA) is 39.4 Å². The van der Waals surface area contributed by atoms with Crippen LogP contribution in [0.25, 0.3) is 21.7 Å². The third-order valence-electron chi connectivity index (χ3n) is 4.45. The van der Waals surface area contributed by atoms with Gasteiger partial charge in [-0.25, -0.2) is 4.79 Å². The lowest BCUT2D eigenvalue weighted by Crippen LogP contribution is -2.20. The standard InChI is InChI=1S/C19H18O3/c20-19(21-14-7-2-1-3-8-14)18-12-16-15-9-5-4-6-13(15)10-11-17(16)22-18/h4-6,9-12,14H,1-3,7-8H2. The molecule has 2 aromatic carbocycles. The van der Waals surface area contributed by atoms with Gasteiger partial charge in [-0.05, 0) is 48.6 Å². The number of hydrogen-bond donors (Lipinski definition) is 0. The van der Waals surface area contributed by atoms with Crippen molar-refractivity contribution in [3.05, 3.63) is 48.2 Å². The number of carbonyl (C=O) groups is 1. The van der Waals surface area contributed by atoms with Crippen molar-refractivity contribution in [2.75, 3.05) is 0 Å². The highest BCUT2D eigenvalue weighted by Crippen LogP contribution is 2.29. The molecule has 3 nitrogen and oxygen atoms in total. The highest BCUT2D eigenvalue weighted by Gasteiger charge is 2.21. The molecule has 0 atom stereocenters. The molecule has 0 spiro atoms. The van der Waals surface area contributed by atoms with E-state index in [1.54, 1.807) is 0 Å². The number of esters is 1. The third-order valence-corrected chi connectivity index (χ3v) is 4.45. The summed E-state index contributed by atoms with van der Waals surface area (Å²) < 4.78 is 11.3. The first-order chi connectivity index (χ1) is 10.8. The molecule has 0 bridgehead atoms. The SMILES string of the molecule is O=C(OC1CCCCC1)c1cc2c(ccc3ccccc32)o1. The summed E-state index contributed by atoms with van der Waals surface area (Å²) in [6, 6.07) is 13.8. The molecular formula is C19H18O3. The molecule has 0 N–H and O–H groups in total. The number of carbonyl (C=O) groups excluding carboxylic acids is 1. The molecule has 0 aliphatic heterocycles. The van der Waals surface area contributed by atoms with Crippen LogP contribution in [0.15, 0.2) is 46.9 Å². The van der Waals surface area contributed by atoms with Gasteiger partial charge in [0.05, 0.1) is 0 Å². The fourth-order valence-corrected chi connectivity index (χ4v) is 3.29. The van der Waals surface area contributed by atoms with Crippen LogP contribution in [0.5, 0.6) is 0 Å². The molecule has 0 amide bonds. The third kappa shape index (κ3) is 2.37. The van der Waals surface area contributed by atoms with Gasteiger partial charge in [0.15, 0.2) is 0 Å². The summed E-state index contributed by atoms with van der Waals surface area (Å²) >= 11 is 0. The fourth-order valence-electron chi connectivity index (χ4n) is 3.29. The summed E-state index contributed by atoms with van der Waals surface area (Å²) in [4.78, 5) is 12.3. The Labute approximate surface area is 128 Å². The molecule has 0 unspecified atom stereocenters. The van der Waals surface area contributed by atoms with Crippen LogP contribution >= 0.6 is 0 Å². The van der Waals surface area contributed by atoms with Crippen molar-refractivity contribution >= 4 is 27.7 Å². The molecule has 3 aromatic rings. The molecule has 22 heavy (non-hydrogen) atoms. The second kappa shape index (κ2) is 5.48. The van der Waals surface area contributed by atoms with Gasteiger partial charge in [0.2, 0.25) is 5.76 Å². The first-order valence-electron chi connectivity index (χ1n) is 7.93. The van der Waals surface area contributed by atoms with E-state index in [1.165, 1.54) is 6.42 Å². The van der Waals surface area contributed by atoms with Crippen LogP contribution in [0.1, 0.15) is 42.7 Å². The van der Waals surface area contributed by atoms with Crippen LogP contribution in [0.2, 0.25) is 0 Å². The summed E-state index contributed by atoms with van der Waals surface area (Å²) in [5.74, 6) is -0.0379. The average Bonchev–Trinajstić information content (AvgIpc) is 3.00. The van der Waals surface area contributed by atoms with Crippen molar-refractivity contribution in [2.45, 2.75) is 38.2 Å². The van der Waals surface area contributed by atoms with Crippen molar-refractivity contribution in [3.63, 3.8) is 0 Å². The van der Waals surface area contributed by atoms with Crippen LogP contribution in [0.4, 0.5) is 0 Å². The lowest BCUT2D eigenvalue weighted by molar-refractivity contribution is 0.0179. The maximum absolute atomic E-state index is 12.3. The predicted octanol–water partition coefficient (Wildman–Crippen LogP) is 5.08. The number of benzene rings is 2. The van der Waals surface area contributed by atoms with Gasteiger partial charge in [-0.2, -0.15) is 0 Å². The minimum absolute atomic E-state index is 0.0474. The van der Waals surface area contributed by atoms with Crippen LogP contribution in [-0.4, -0.2) is 12.1 Å². The van der Waals surface area contributed by atoms with Crippen molar-refractivity contribution in [3.8, 4) is 0 Å². The monoisotopic (exact) mass is 294 g/mol. The Morgan fingerprint density at radius 2 is 1.82 bits per heavy atom. The lowest BCUT2D eigenvalue weighted by atomic mass is 9.98. The molecule has 4 rings (SSSR count). The highest BCUT2D eigenvalue weighted by atomic mass is 16.6. The maximum atomic E-state index is 12.3. The van der Waals surface area contributed by atoms with E-state index in [-0.39, 0.29) is 12.1 Å². The number of ether oxygens (including phenoxy) is 1. The highest BCUT2D eigenvalue weighted by molar-refractivity contribution is 6.07. The zero-order chi connectivity index (χ0) is 14.9. The minimum atomic E-state index is -0.341. The van der Waals surface area contributed by atoms with E-state index in [0.29, 0.717) is 5.76 Å². The Morgan fingerprint density at radius 1 is 1.00 bits per heavy atom. The summed E-state index contributed by atoms with van der Waals surface area (Å²) in [5, 5.41) is 3.21. The summed E-state index contributed by atoms with van der Waals surface area (Å²) in [6.45, 7) is 0. The van der Waals surface area contributed by atoms with Gasteiger partial charge in [-0.15, -0.1) is 0 Å². The molecular weight excluding hydrogens is 276 g/mol. The molecule has 1 saturated carbocycles. The number of fused-ring (bicyclic) bond motifs is 3. The fraction of sp³-hybridized carbons (Fsp3) is 0.316. The number of hydrogen-bond acceptors (Lipinski definition) is 3. The number of furan rings is 1. The van der Waals surface area contributed by atoms with Gasteiger partial charge in [0.1, 0.15) is 11.7 Å². The Kier molecular flexibility index (Phi) is 3.34. The van der Waals surface area contributed by atoms with Gasteiger partial charge < -0.3 is 9.15 Å². The van der Waals surface area contributed by atoms with Crippen LogP contribution in [0, 0.1) is 0 Å². The predicted molar refractivity (Wildman–Crippen MR) is 86.0 cm³/mol. The Hall–Kier alpha value is -2.29. The van der Waals surface area contributed by atoms with E-state index in [2.05, 4.69) is 6.07 Å². The quantitative estimate of drug-likeness (QED) is 0.619. The maximum Gasteiger partial charge on any atom is 0.374 e. The molecule has 3 heteroatoms. The van der Waals surface area contributed by atoms with Crippen LogP contribution in [-0.2, 0) is 4.74 Å². The van der Waals surface area contributed by atoms with Gasteiger partial charge >= 0.3 is 5.97 Å². The second-order valence-electron chi connectivity index (χ2n) is 5.97. The summed E-state index contributed by atoms with van der Waals surface area (Å²) in [5.41, 5.74) is 0.731. The average molecular weight is 294 g/mol. The summed E-state index contributed by atoms with van der Waals surface area (Å²) in [7, 11) is 0. The molecule has 0 saturated heterocycles. The molecule has 1 aliphatic carbocycles. The molecule has 1 heterocycles. The lowest BCUT2D eigenvalue weighted by Gasteiger charge is -2.21. The molecule has 1 aromatic heterocycles. The Balaban J connectivity index is 1.67. The smallest absolute Gasteiger partial charge is 0.374 e. The van der Waals surface area contributed by atoms with Gasteiger partial charge in [-0.1, -0.05) is 36.8 Å². The molecule has 0 radical (unpaired) electrons. The molecule has 1 aliphatic rings. The van der Waals surface area contributed by atoms with Gasteiger partial charge in [0, 0.05) is 5.39 Å². The zero-order valence-electron chi connectivity index (χ0n) is 12.4. The second-order valence-corrected chi connectivity index (χ2v) is 5.97. The van der Waals surface area contributed by atoms with Crippen molar-refractivity contribution in [1.82, 2.24) is 0 Å². The van der Waals surface area contributed by atoms with Crippen molar-refractivity contribution in [2.24, 2.45) is 0 Å². The van der Waals surface area contributed by atoms with Gasteiger partial charge in [-0.3, -0.25) is 0 Å². The van der Waals surface area contributed by atoms with E-state index in [4.69, 9.17) is 9.15 Å². The van der Waals surface area contributed by atoms with Crippen molar-refractivity contribution in [1.29, 1.82) is 0 Å². The van der Waals surface area contributed by atoms with E-state index in [9.17, 15) is 4.79 Å². The van der Waals surface area contributed by atoms with E-state index in [0.717, 1.165) is 47.4 Å². The molecule has 1 fully saturated rings. The number of rotatable bonds is 2. The van der Waals surface area contributed by atoms with E-state index >= 15 is 0 Å². The first-order valence-corrected chi connectivity index (χ1v) is 7.93. The normalized spacial score (nSPS) is 16.2.